The van der Waals surface area contributed by atoms with Crippen molar-refractivity contribution in [2.24, 2.45) is 0 Å². The van der Waals surface area contributed by atoms with E-state index >= 15 is 0 Å². The molecule has 0 aliphatic rings. The van der Waals surface area contributed by atoms with E-state index in [0.29, 0.717) is 6.07 Å². The number of carbonyl (C=O) groups is 3. The molecule has 1 aromatic carbocycles. The Hall–Kier alpha value is -2.58. The van der Waals surface area contributed by atoms with Crippen LogP contribution in [0.3, 0.4) is 0 Å². The van der Waals surface area contributed by atoms with E-state index < -0.39 is 42.1 Å². The number of nitrogens with one attached hydrogen (secondary N) is 2. The van der Waals surface area contributed by atoms with Gasteiger partial charge in [0, 0.05) is 5.56 Å². The van der Waals surface area contributed by atoms with Crippen molar-refractivity contribution < 1.29 is 32.7 Å². The zero-order chi connectivity index (χ0) is 17.6. The second-order valence-electron chi connectivity index (χ2n) is 4.61. The van der Waals surface area contributed by atoms with Crippen LogP contribution in [0.25, 0.3) is 0 Å². The molecule has 1 atom stereocenters. The van der Waals surface area contributed by atoms with Crippen LogP contribution in [0, 0.1) is 0 Å². The number of hydrogen-bond acceptors (Lipinski definition) is 4. The van der Waals surface area contributed by atoms with Gasteiger partial charge in [0.25, 0.3) is 5.91 Å². The summed E-state index contributed by atoms with van der Waals surface area (Å²) in [6.07, 6.45) is -4.49. The molecule has 2 N–H and O–H groups in total. The van der Waals surface area contributed by atoms with E-state index in [1.54, 1.807) is 0 Å². The number of carboxylic acids is 1. The molecule has 1 unspecified atom stereocenters. The Balaban J connectivity index is 2.64. The molecule has 9 heteroatoms. The summed E-state index contributed by atoms with van der Waals surface area (Å²) in [6, 6.07) is 2.51. The van der Waals surface area contributed by atoms with Gasteiger partial charge in [-0.15, -0.1) is 0 Å². The van der Waals surface area contributed by atoms with E-state index in [4.69, 9.17) is 0 Å². The molecule has 0 saturated carbocycles. The Morgan fingerprint density at radius 2 is 1.91 bits per heavy atom. The van der Waals surface area contributed by atoms with E-state index in [1.807, 2.05) is 0 Å². The summed E-state index contributed by atoms with van der Waals surface area (Å²) in [5.41, 5.74) is -1.25. The van der Waals surface area contributed by atoms with Crippen molar-refractivity contribution in [3.8, 4) is 0 Å². The van der Waals surface area contributed by atoms with E-state index in [1.165, 1.54) is 13.0 Å². The number of hydrogen-bond donors (Lipinski definition) is 2. The number of halogens is 3. The molecule has 6 nitrogen and oxygen atoms in total. The molecular weight excluding hydrogens is 317 g/mol. The topological polar surface area (TPSA) is 98.3 Å². The Morgan fingerprint density at radius 3 is 2.43 bits per heavy atom. The third-order valence-corrected chi connectivity index (χ3v) is 2.89. The minimum atomic E-state index is -4.59. The predicted molar refractivity (Wildman–Crippen MR) is 71.0 cm³/mol. The number of alkyl halides is 3. The van der Waals surface area contributed by atoms with Crippen LogP contribution in [0.5, 0.6) is 0 Å². The molecular formula is C14H14F3N2O4-. The maximum Gasteiger partial charge on any atom is 0.416 e. The summed E-state index contributed by atoms with van der Waals surface area (Å²) in [4.78, 5) is 33.8. The maximum atomic E-state index is 12.5. The number of carbonyl (C=O) groups excluding carboxylic acids is 3. The summed E-state index contributed by atoms with van der Waals surface area (Å²) < 4.78 is 37.6. The van der Waals surface area contributed by atoms with Crippen molar-refractivity contribution in [2.75, 3.05) is 6.54 Å². The first-order valence-electron chi connectivity index (χ1n) is 6.60. The molecule has 0 fully saturated rings. The van der Waals surface area contributed by atoms with Gasteiger partial charge in [0.15, 0.2) is 0 Å². The van der Waals surface area contributed by atoms with Crippen LogP contribution in [0.2, 0.25) is 0 Å². The second kappa shape index (κ2) is 7.61. The summed E-state index contributed by atoms with van der Waals surface area (Å²) in [5.74, 6) is -3.14. The van der Waals surface area contributed by atoms with Crippen LogP contribution in [0.15, 0.2) is 24.3 Å². The molecule has 0 bridgehead atoms. The number of aliphatic carboxylic acids is 1. The lowest BCUT2D eigenvalue weighted by atomic mass is 10.1. The molecule has 0 aliphatic heterocycles. The van der Waals surface area contributed by atoms with Crippen molar-refractivity contribution in [3.63, 3.8) is 0 Å². The lowest BCUT2D eigenvalue weighted by molar-refractivity contribution is -0.308. The molecule has 0 aliphatic carbocycles. The van der Waals surface area contributed by atoms with Crippen LogP contribution in [0.4, 0.5) is 13.2 Å². The zero-order valence-electron chi connectivity index (χ0n) is 12.1. The van der Waals surface area contributed by atoms with Crippen molar-refractivity contribution in [1.82, 2.24) is 10.6 Å². The fourth-order valence-electron chi connectivity index (χ4n) is 1.67. The van der Waals surface area contributed by atoms with Crippen LogP contribution >= 0.6 is 0 Å². The van der Waals surface area contributed by atoms with Gasteiger partial charge in [-0.3, -0.25) is 9.59 Å². The van der Waals surface area contributed by atoms with Gasteiger partial charge in [0.2, 0.25) is 5.91 Å². The van der Waals surface area contributed by atoms with Gasteiger partial charge in [0.05, 0.1) is 24.1 Å². The average molecular weight is 331 g/mol. The smallest absolute Gasteiger partial charge is 0.416 e. The van der Waals surface area contributed by atoms with E-state index in [0.717, 1.165) is 12.1 Å². The number of carboxylic acid groups (broad SMARTS) is 1. The monoisotopic (exact) mass is 331 g/mol. The molecule has 1 rings (SSSR count). The number of rotatable bonds is 6. The molecule has 126 valence electrons. The van der Waals surface area contributed by atoms with Gasteiger partial charge < -0.3 is 20.5 Å². The zero-order valence-corrected chi connectivity index (χ0v) is 12.1. The van der Waals surface area contributed by atoms with Gasteiger partial charge in [0.1, 0.15) is 0 Å². The van der Waals surface area contributed by atoms with Crippen LogP contribution in [0.1, 0.15) is 29.3 Å². The lowest BCUT2D eigenvalue weighted by Gasteiger charge is -2.17. The van der Waals surface area contributed by atoms with E-state index in [2.05, 4.69) is 10.6 Å². The first kappa shape index (κ1) is 18.5. The van der Waals surface area contributed by atoms with Gasteiger partial charge in [-0.25, -0.2) is 0 Å². The summed E-state index contributed by atoms with van der Waals surface area (Å²) in [7, 11) is 0. The number of benzene rings is 1. The Labute approximate surface area is 129 Å². The Morgan fingerprint density at radius 1 is 1.26 bits per heavy atom. The van der Waals surface area contributed by atoms with Crippen LogP contribution < -0.4 is 15.7 Å². The van der Waals surface area contributed by atoms with Crippen molar-refractivity contribution in [3.05, 3.63) is 35.4 Å². The third-order valence-electron chi connectivity index (χ3n) is 2.89. The lowest BCUT2D eigenvalue weighted by Crippen LogP contribution is -2.50. The van der Waals surface area contributed by atoms with Gasteiger partial charge in [-0.05, 0) is 24.6 Å². The van der Waals surface area contributed by atoms with E-state index in [9.17, 15) is 32.7 Å². The van der Waals surface area contributed by atoms with Crippen molar-refractivity contribution in [2.45, 2.75) is 25.6 Å². The minimum Gasteiger partial charge on any atom is -0.548 e. The highest BCUT2D eigenvalue weighted by atomic mass is 19.4. The molecule has 0 saturated heterocycles. The first-order valence-corrected chi connectivity index (χ1v) is 6.60. The minimum absolute atomic E-state index is 0.0929. The molecule has 2 amide bonds. The van der Waals surface area contributed by atoms with Gasteiger partial charge in [-0.1, -0.05) is 13.0 Å². The second-order valence-corrected chi connectivity index (χ2v) is 4.61. The predicted octanol–water partition coefficient (Wildman–Crippen LogP) is 0.0799. The summed E-state index contributed by atoms with van der Waals surface area (Å²) in [6.45, 7) is 0.945. The Bertz CT molecular complexity index is 602. The summed E-state index contributed by atoms with van der Waals surface area (Å²) in [5, 5.41) is 14.9. The van der Waals surface area contributed by atoms with Crippen molar-refractivity contribution in [1.29, 1.82) is 0 Å². The van der Waals surface area contributed by atoms with Crippen LogP contribution in [-0.4, -0.2) is 30.4 Å². The maximum absolute atomic E-state index is 12.5. The first-order chi connectivity index (χ1) is 10.6. The molecule has 0 heterocycles. The molecule has 1 aromatic rings. The molecule has 0 spiro atoms. The molecule has 23 heavy (non-hydrogen) atoms. The largest absolute Gasteiger partial charge is 0.548 e. The third kappa shape index (κ3) is 5.61. The molecule has 0 aromatic heterocycles. The highest BCUT2D eigenvalue weighted by molar-refractivity contribution is 5.97. The SMILES string of the molecule is CCC(NC(=O)CNC(=O)c1cccc(C(F)(F)F)c1)C(=O)[O-]. The number of amides is 2. The van der Waals surface area contributed by atoms with E-state index in [-0.39, 0.29) is 12.0 Å². The van der Waals surface area contributed by atoms with Crippen molar-refractivity contribution >= 4 is 17.8 Å². The highest BCUT2D eigenvalue weighted by Gasteiger charge is 2.30. The highest BCUT2D eigenvalue weighted by Crippen LogP contribution is 2.29. The van der Waals surface area contributed by atoms with Crippen LogP contribution in [-0.2, 0) is 15.8 Å². The normalized spacial score (nSPS) is 12.3. The van der Waals surface area contributed by atoms with Gasteiger partial charge in [-0.2, -0.15) is 13.2 Å². The fraction of sp³-hybridized carbons (Fsp3) is 0.357. The Kier molecular flexibility index (Phi) is 6.11. The molecule has 0 radical (unpaired) electrons. The fourth-order valence-corrected chi connectivity index (χ4v) is 1.67. The average Bonchev–Trinajstić information content (AvgIpc) is 2.49. The van der Waals surface area contributed by atoms with Gasteiger partial charge >= 0.3 is 6.18 Å². The summed E-state index contributed by atoms with van der Waals surface area (Å²) >= 11 is 0. The quantitative estimate of drug-likeness (QED) is 0.771. The standard InChI is InChI=1S/C14H15F3N2O4/c1-2-10(13(22)23)19-11(20)7-18-12(21)8-4-3-5-9(6-8)14(15,16)17/h3-6,10H,2,7H2,1H3,(H,18,21)(H,19,20)(H,22,23)/p-1.